The number of carbonyl (C=O) groups excluding carboxylic acids is 1. The number of nitrogens with one attached hydrogen (secondary N) is 1. The van der Waals surface area contributed by atoms with E-state index in [0.29, 0.717) is 38.7 Å². The minimum atomic E-state index is -0.128. The van der Waals surface area contributed by atoms with Crippen molar-refractivity contribution in [2.24, 2.45) is 0 Å². The van der Waals surface area contributed by atoms with Crippen LogP contribution in [0.4, 0.5) is 0 Å². The summed E-state index contributed by atoms with van der Waals surface area (Å²) in [5.74, 6) is 0.559. The zero-order chi connectivity index (χ0) is 18.5. The van der Waals surface area contributed by atoms with E-state index in [-0.39, 0.29) is 18.6 Å². The highest BCUT2D eigenvalue weighted by molar-refractivity contribution is 5.75. The van der Waals surface area contributed by atoms with E-state index in [9.17, 15) is 4.79 Å². The van der Waals surface area contributed by atoms with Gasteiger partial charge in [-0.15, -0.1) is 5.10 Å². The lowest BCUT2D eigenvalue weighted by Crippen LogP contribution is -2.37. The standard InChI is InChI=1S/C18H24N6O3/c25-18(19-11-16-15-4-2-1-3-14(15)5-8-27-16)13-24-17(20-21-22-24)12-23-6-9-26-10-7-23/h1-4,16H,5-13H2,(H,19,25). The summed E-state index contributed by atoms with van der Waals surface area (Å²) in [6.07, 6.45) is 0.802. The molecule has 144 valence electrons. The van der Waals surface area contributed by atoms with Crippen LogP contribution in [0.15, 0.2) is 24.3 Å². The summed E-state index contributed by atoms with van der Waals surface area (Å²) >= 11 is 0. The van der Waals surface area contributed by atoms with Crippen molar-refractivity contribution in [3.63, 3.8) is 0 Å². The van der Waals surface area contributed by atoms with Gasteiger partial charge in [-0.3, -0.25) is 9.69 Å². The molecule has 2 aromatic rings. The molecule has 2 aliphatic rings. The lowest BCUT2D eigenvalue weighted by molar-refractivity contribution is -0.122. The molecule has 0 saturated carbocycles. The van der Waals surface area contributed by atoms with Gasteiger partial charge in [-0.05, 0) is 28.0 Å². The van der Waals surface area contributed by atoms with Gasteiger partial charge in [-0.2, -0.15) is 0 Å². The summed E-state index contributed by atoms with van der Waals surface area (Å²) in [6.45, 7) is 4.94. The summed E-state index contributed by atoms with van der Waals surface area (Å²) in [4.78, 5) is 14.6. The van der Waals surface area contributed by atoms with Crippen LogP contribution >= 0.6 is 0 Å². The van der Waals surface area contributed by atoms with E-state index >= 15 is 0 Å². The fraction of sp³-hybridized carbons (Fsp3) is 0.556. The molecule has 1 aromatic heterocycles. The summed E-state index contributed by atoms with van der Waals surface area (Å²) in [6, 6.07) is 8.22. The first-order valence-corrected chi connectivity index (χ1v) is 9.31. The second-order valence-electron chi connectivity index (χ2n) is 6.75. The fourth-order valence-electron chi connectivity index (χ4n) is 3.46. The Morgan fingerprint density at radius 1 is 1.22 bits per heavy atom. The fourth-order valence-corrected chi connectivity index (χ4v) is 3.46. The molecule has 9 heteroatoms. The van der Waals surface area contributed by atoms with Crippen LogP contribution in [-0.4, -0.2) is 70.5 Å². The summed E-state index contributed by atoms with van der Waals surface area (Å²) < 4.78 is 12.7. The number of amides is 1. The second kappa shape index (κ2) is 8.55. The molecule has 9 nitrogen and oxygen atoms in total. The average Bonchev–Trinajstić information content (AvgIpc) is 3.13. The number of tetrazole rings is 1. The molecule has 2 aliphatic heterocycles. The summed E-state index contributed by atoms with van der Waals surface area (Å²) in [7, 11) is 0. The lowest BCUT2D eigenvalue weighted by Gasteiger charge is -2.26. The Labute approximate surface area is 157 Å². The Bertz CT molecular complexity index is 774. The minimum Gasteiger partial charge on any atom is -0.379 e. The van der Waals surface area contributed by atoms with Crippen molar-refractivity contribution < 1.29 is 14.3 Å². The molecule has 1 aromatic carbocycles. The Balaban J connectivity index is 1.31. The molecule has 0 radical (unpaired) electrons. The molecule has 0 aliphatic carbocycles. The molecule has 0 bridgehead atoms. The number of hydrogen-bond acceptors (Lipinski definition) is 7. The third-order valence-electron chi connectivity index (χ3n) is 4.95. The molecular weight excluding hydrogens is 348 g/mol. The number of ether oxygens (including phenoxy) is 2. The van der Waals surface area contributed by atoms with Gasteiger partial charge in [0.15, 0.2) is 5.82 Å². The molecule has 4 rings (SSSR count). The highest BCUT2D eigenvalue weighted by Crippen LogP contribution is 2.26. The molecule has 1 atom stereocenters. The van der Waals surface area contributed by atoms with Crippen molar-refractivity contribution in [3.05, 3.63) is 41.2 Å². The van der Waals surface area contributed by atoms with Gasteiger partial charge in [-0.25, -0.2) is 4.68 Å². The molecule has 1 saturated heterocycles. The van der Waals surface area contributed by atoms with Crippen LogP contribution in [0.25, 0.3) is 0 Å². The van der Waals surface area contributed by atoms with E-state index in [4.69, 9.17) is 9.47 Å². The first-order valence-electron chi connectivity index (χ1n) is 9.31. The topological polar surface area (TPSA) is 94.4 Å². The first-order chi connectivity index (χ1) is 13.3. The largest absolute Gasteiger partial charge is 0.379 e. The SMILES string of the molecule is O=C(Cn1nnnc1CN1CCOCC1)NCC1OCCc2ccccc21. The van der Waals surface area contributed by atoms with Crippen LogP contribution in [0.3, 0.4) is 0 Å². The van der Waals surface area contributed by atoms with Gasteiger partial charge >= 0.3 is 0 Å². The van der Waals surface area contributed by atoms with Crippen LogP contribution in [0.1, 0.15) is 23.1 Å². The smallest absolute Gasteiger partial charge is 0.241 e. The lowest BCUT2D eigenvalue weighted by atomic mass is 9.97. The summed E-state index contributed by atoms with van der Waals surface area (Å²) in [5, 5.41) is 14.7. The molecule has 1 fully saturated rings. The molecule has 1 unspecified atom stereocenters. The monoisotopic (exact) mass is 372 g/mol. The predicted octanol–water partition coefficient (Wildman–Crippen LogP) is -0.0645. The minimum absolute atomic E-state index is 0.0983. The predicted molar refractivity (Wildman–Crippen MR) is 95.8 cm³/mol. The number of hydrogen-bond donors (Lipinski definition) is 1. The van der Waals surface area contributed by atoms with Crippen LogP contribution < -0.4 is 5.32 Å². The van der Waals surface area contributed by atoms with Gasteiger partial charge in [0.1, 0.15) is 12.6 Å². The Hall–Kier alpha value is -2.36. The number of benzene rings is 1. The van der Waals surface area contributed by atoms with E-state index < -0.39 is 0 Å². The second-order valence-corrected chi connectivity index (χ2v) is 6.75. The van der Waals surface area contributed by atoms with E-state index in [1.54, 1.807) is 4.68 Å². The van der Waals surface area contributed by atoms with E-state index in [0.717, 1.165) is 25.1 Å². The highest BCUT2D eigenvalue weighted by atomic mass is 16.5. The molecular formula is C18H24N6O3. The quantitative estimate of drug-likeness (QED) is 0.759. The number of nitrogens with zero attached hydrogens (tertiary/aromatic N) is 5. The zero-order valence-corrected chi connectivity index (χ0v) is 15.2. The summed E-state index contributed by atoms with van der Waals surface area (Å²) in [5.41, 5.74) is 2.44. The zero-order valence-electron chi connectivity index (χ0n) is 15.2. The van der Waals surface area contributed by atoms with Crippen molar-refractivity contribution in [2.75, 3.05) is 39.5 Å². The highest BCUT2D eigenvalue weighted by Gasteiger charge is 2.21. The third kappa shape index (κ3) is 4.49. The van der Waals surface area contributed by atoms with Gasteiger partial charge in [-0.1, -0.05) is 24.3 Å². The average molecular weight is 372 g/mol. The Morgan fingerprint density at radius 2 is 2.07 bits per heavy atom. The maximum atomic E-state index is 12.4. The van der Waals surface area contributed by atoms with Crippen molar-refractivity contribution in [3.8, 4) is 0 Å². The van der Waals surface area contributed by atoms with E-state index in [1.807, 2.05) is 12.1 Å². The van der Waals surface area contributed by atoms with Crippen molar-refractivity contribution >= 4 is 5.91 Å². The Kier molecular flexibility index (Phi) is 5.71. The molecule has 0 spiro atoms. The van der Waals surface area contributed by atoms with Gasteiger partial charge in [0.2, 0.25) is 5.91 Å². The maximum Gasteiger partial charge on any atom is 0.241 e. The molecule has 27 heavy (non-hydrogen) atoms. The van der Waals surface area contributed by atoms with Crippen molar-refractivity contribution in [1.29, 1.82) is 0 Å². The third-order valence-corrected chi connectivity index (χ3v) is 4.95. The van der Waals surface area contributed by atoms with Crippen molar-refractivity contribution in [1.82, 2.24) is 30.4 Å². The van der Waals surface area contributed by atoms with Crippen LogP contribution in [0.2, 0.25) is 0 Å². The maximum absolute atomic E-state index is 12.4. The normalized spacial score (nSPS) is 20.2. The van der Waals surface area contributed by atoms with Crippen LogP contribution in [-0.2, 0) is 33.8 Å². The Morgan fingerprint density at radius 3 is 2.96 bits per heavy atom. The molecule has 1 amide bonds. The number of fused-ring (bicyclic) bond motifs is 1. The van der Waals surface area contributed by atoms with E-state index in [1.165, 1.54) is 5.56 Å². The number of carbonyl (C=O) groups is 1. The molecule has 3 heterocycles. The van der Waals surface area contributed by atoms with Gasteiger partial charge in [0.25, 0.3) is 0 Å². The van der Waals surface area contributed by atoms with Crippen molar-refractivity contribution in [2.45, 2.75) is 25.6 Å². The first kappa shape index (κ1) is 18.0. The van der Waals surface area contributed by atoms with Crippen LogP contribution in [0.5, 0.6) is 0 Å². The van der Waals surface area contributed by atoms with Gasteiger partial charge < -0.3 is 14.8 Å². The number of aromatic nitrogens is 4. The number of morpholine rings is 1. The number of rotatable bonds is 6. The van der Waals surface area contributed by atoms with E-state index in [2.05, 4.69) is 37.9 Å². The van der Waals surface area contributed by atoms with Gasteiger partial charge in [0.05, 0.1) is 26.4 Å². The van der Waals surface area contributed by atoms with Gasteiger partial charge in [0, 0.05) is 19.6 Å². The van der Waals surface area contributed by atoms with Crippen LogP contribution in [0, 0.1) is 0 Å². The molecule has 1 N–H and O–H groups in total.